The molecule has 0 saturated heterocycles. The minimum Gasteiger partial charge on any atom is -0.396 e. The molecule has 0 atom stereocenters. The average Bonchev–Trinajstić information content (AvgIpc) is 3.14. The molecule has 3 nitrogen and oxygen atoms in total. The van der Waals surface area contributed by atoms with Gasteiger partial charge in [-0.05, 0) is 50.2 Å². The number of nitrogen functional groups attached to an aromatic ring is 1. The summed E-state index contributed by atoms with van der Waals surface area (Å²) in [5, 5.41) is 0. The van der Waals surface area contributed by atoms with Crippen LogP contribution in [0.1, 0.15) is 31.2 Å². The predicted octanol–water partition coefficient (Wildman–Crippen LogP) is 2.35. The number of pyridine rings is 1. The fraction of sp³-hybridized carbons (Fsp3) is 0.615. The third-order valence-corrected chi connectivity index (χ3v) is 3.60. The molecular weight excluding hydrogens is 198 g/mol. The zero-order valence-corrected chi connectivity index (χ0v) is 9.82. The van der Waals surface area contributed by atoms with Gasteiger partial charge in [0.15, 0.2) is 5.82 Å². The molecule has 86 valence electrons. The van der Waals surface area contributed by atoms with Gasteiger partial charge < -0.3 is 10.6 Å². The van der Waals surface area contributed by atoms with Gasteiger partial charge >= 0.3 is 0 Å². The summed E-state index contributed by atoms with van der Waals surface area (Å²) in [7, 11) is 0. The molecule has 2 aliphatic carbocycles. The van der Waals surface area contributed by atoms with Crippen LogP contribution in [0.25, 0.3) is 0 Å². The highest BCUT2D eigenvalue weighted by Gasteiger charge is 2.35. The zero-order valence-electron chi connectivity index (χ0n) is 9.82. The highest BCUT2D eigenvalue weighted by atomic mass is 15.2. The Morgan fingerprint density at radius 2 is 2.12 bits per heavy atom. The lowest BCUT2D eigenvalue weighted by molar-refractivity contribution is 0.710. The Bertz CT molecular complexity index is 394. The highest BCUT2D eigenvalue weighted by Crippen LogP contribution is 2.39. The van der Waals surface area contributed by atoms with Gasteiger partial charge in [-0.3, -0.25) is 0 Å². The lowest BCUT2D eigenvalue weighted by Gasteiger charge is -2.25. The standard InChI is InChI=1S/C13H19N3/c1-9-6-7-15-13(12(9)14)16(11-4-5-11)8-10-2-3-10/h6-7,10-11H,2-5,8,14H2,1H3. The molecule has 0 radical (unpaired) electrons. The van der Waals surface area contributed by atoms with Crippen LogP contribution in [0.4, 0.5) is 11.5 Å². The fourth-order valence-electron chi connectivity index (χ4n) is 2.16. The summed E-state index contributed by atoms with van der Waals surface area (Å²) in [6.07, 6.45) is 7.26. The van der Waals surface area contributed by atoms with E-state index in [0.29, 0.717) is 6.04 Å². The fourth-order valence-corrected chi connectivity index (χ4v) is 2.16. The van der Waals surface area contributed by atoms with E-state index in [2.05, 4.69) is 16.8 Å². The predicted molar refractivity (Wildman–Crippen MR) is 66.5 cm³/mol. The van der Waals surface area contributed by atoms with Crippen molar-refractivity contribution in [2.75, 3.05) is 17.2 Å². The zero-order chi connectivity index (χ0) is 11.1. The van der Waals surface area contributed by atoms with Crippen molar-refractivity contribution in [3.63, 3.8) is 0 Å². The van der Waals surface area contributed by atoms with Gasteiger partial charge in [-0.15, -0.1) is 0 Å². The molecule has 0 amide bonds. The van der Waals surface area contributed by atoms with Crippen molar-refractivity contribution in [3.05, 3.63) is 17.8 Å². The highest BCUT2D eigenvalue weighted by molar-refractivity contribution is 5.67. The molecule has 0 aromatic carbocycles. The first-order valence-electron chi connectivity index (χ1n) is 6.23. The van der Waals surface area contributed by atoms with E-state index in [4.69, 9.17) is 5.73 Å². The Kier molecular flexibility index (Phi) is 2.27. The van der Waals surface area contributed by atoms with E-state index in [0.717, 1.165) is 29.5 Å². The SMILES string of the molecule is Cc1ccnc(N(CC2CC2)C2CC2)c1N. The first-order valence-corrected chi connectivity index (χ1v) is 6.23. The smallest absolute Gasteiger partial charge is 0.152 e. The lowest BCUT2D eigenvalue weighted by atomic mass is 10.2. The maximum Gasteiger partial charge on any atom is 0.152 e. The van der Waals surface area contributed by atoms with Crippen molar-refractivity contribution in [1.29, 1.82) is 0 Å². The third kappa shape index (κ3) is 1.86. The Labute approximate surface area is 96.7 Å². The molecule has 0 spiro atoms. The Hall–Kier alpha value is -1.25. The topological polar surface area (TPSA) is 42.2 Å². The molecule has 16 heavy (non-hydrogen) atoms. The van der Waals surface area contributed by atoms with Gasteiger partial charge in [0.1, 0.15) is 0 Å². The first-order chi connectivity index (χ1) is 7.75. The summed E-state index contributed by atoms with van der Waals surface area (Å²) in [5.41, 5.74) is 8.16. The summed E-state index contributed by atoms with van der Waals surface area (Å²) >= 11 is 0. The van der Waals surface area contributed by atoms with Crippen LogP contribution in [-0.4, -0.2) is 17.6 Å². The molecule has 1 aromatic rings. The second kappa shape index (κ2) is 3.65. The van der Waals surface area contributed by atoms with Gasteiger partial charge in [-0.1, -0.05) is 0 Å². The number of hydrogen-bond acceptors (Lipinski definition) is 3. The molecule has 2 N–H and O–H groups in total. The van der Waals surface area contributed by atoms with Crippen LogP contribution < -0.4 is 10.6 Å². The molecule has 2 fully saturated rings. The molecule has 2 saturated carbocycles. The number of aryl methyl sites for hydroxylation is 1. The molecule has 3 rings (SSSR count). The van der Waals surface area contributed by atoms with E-state index in [9.17, 15) is 0 Å². The number of anilines is 2. The van der Waals surface area contributed by atoms with Crippen LogP contribution in [0.2, 0.25) is 0 Å². The van der Waals surface area contributed by atoms with Crippen molar-refractivity contribution in [3.8, 4) is 0 Å². The first kappa shape index (κ1) is 9.94. The van der Waals surface area contributed by atoms with Crippen molar-refractivity contribution in [2.45, 2.75) is 38.6 Å². The number of aromatic nitrogens is 1. The Balaban J connectivity index is 1.88. The van der Waals surface area contributed by atoms with Crippen molar-refractivity contribution >= 4 is 11.5 Å². The van der Waals surface area contributed by atoms with Crippen LogP contribution in [0, 0.1) is 12.8 Å². The van der Waals surface area contributed by atoms with Crippen molar-refractivity contribution in [2.24, 2.45) is 5.92 Å². The minimum atomic E-state index is 0.706. The third-order valence-electron chi connectivity index (χ3n) is 3.60. The average molecular weight is 217 g/mol. The second-order valence-electron chi connectivity index (χ2n) is 5.19. The van der Waals surface area contributed by atoms with Gasteiger partial charge in [0.2, 0.25) is 0 Å². The maximum absolute atomic E-state index is 6.14. The van der Waals surface area contributed by atoms with E-state index in [1.807, 2.05) is 12.3 Å². The van der Waals surface area contributed by atoms with E-state index in [1.54, 1.807) is 0 Å². The quantitative estimate of drug-likeness (QED) is 0.841. The van der Waals surface area contributed by atoms with Crippen LogP contribution in [0.15, 0.2) is 12.3 Å². The molecule has 1 aromatic heterocycles. The molecule has 0 aliphatic heterocycles. The number of nitrogens with two attached hydrogens (primary N) is 1. The Morgan fingerprint density at radius 1 is 1.38 bits per heavy atom. The summed E-state index contributed by atoms with van der Waals surface area (Å²) in [4.78, 5) is 6.93. The van der Waals surface area contributed by atoms with E-state index >= 15 is 0 Å². The number of hydrogen-bond donors (Lipinski definition) is 1. The molecule has 0 unspecified atom stereocenters. The van der Waals surface area contributed by atoms with Crippen LogP contribution >= 0.6 is 0 Å². The van der Waals surface area contributed by atoms with Crippen molar-refractivity contribution < 1.29 is 0 Å². The molecule has 0 bridgehead atoms. The summed E-state index contributed by atoms with van der Waals surface area (Å²) in [6.45, 7) is 3.22. The molecule has 1 heterocycles. The van der Waals surface area contributed by atoms with Crippen molar-refractivity contribution in [1.82, 2.24) is 4.98 Å². The van der Waals surface area contributed by atoms with Gasteiger partial charge in [0.05, 0.1) is 5.69 Å². The largest absolute Gasteiger partial charge is 0.396 e. The summed E-state index contributed by atoms with van der Waals surface area (Å²) in [5.74, 6) is 1.91. The lowest BCUT2D eigenvalue weighted by Crippen LogP contribution is -2.29. The van der Waals surface area contributed by atoms with Gasteiger partial charge in [-0.2, -0.15) is 0 Å². The monoisotopic (exact) mass is 217 g/mol. The van der Waals surface area contributed by atoms with E-state index in [1.165, 1.54) is 25.7 Å². The van der Waals surface area contributed by atoms with Gasteiger partial charge in [0, 0.05) is 18.8 Å². The second-order valence-corrected chi connectivity index (χ2v) is 5.19. The minimum absolute atomic E-state index is 0.706. The van der Waals surface area contributed by atoms with Crippen LogP contribution in [-0.2, 0) is 0 Å². The summed E-state index contributed by atoms with van der Waals surface area (Å²) in [6, 6.07) is 2.69. The van der Waals surface area contributed by atoms with Crippen LogP contribution in [0.3, 0.4) is 0 Å². The maximum atomic E-state index is 6.14. The normalized spacial score (nSPS) is 19.8. The van der Waals surface area contributed by atoms with E-state index in [-0.39, 0.29) is 0 Å². The van der Waals surface area contributed by atoms with Gasteiger partial charge in [-0.25, -0.2) is 4.98 Å². The molecule has 3 heteroatoms. The van der Waals surface area contributed by atoms with Gasteiger partial charge in [0.25, 0.3) is 0 Å². The van der Waals surface area contributed by atoms with Crippen LogP contribution in [0.5, 0.6) is 0 Å². The Morgan fingerprint density at radius 3 is 2.75 bits per heavy atom. The molecule has 2 aliphatic rings. The summed E-state index contributed by atoms with van der Waals surface area (Å²) < 4.78 is 0. The van der Waals surface area contributed by atoms with E-state index < -0.39 is 0 Å². The number of nitrogens with zero attached hydrogens (tertiary/aromatic N) is 2. The molecular formula is C13H19N3. The number of rotatable bonds is 4.